The maximum atomic E-state index is 8.82. The van der Waals surface area contributed by atoms with E-state index in [1.807, 2.05) is 18.2 Å². The van der Waals surface area contributed by atoms with Crippen LogP contribution >= 0.6 is 0 Å². The van der Waals surface area contributed by atoms with Crippen LogP contribution in [0.3, 0.4) is 0 Å². The molecule has 0 aromatic carbocycles. The Balaban J connectivity index is 0. The van der Waals surface area contributed by atoms with Crippen LogP contribution in [-0.4, -0.2) is 13.3 Å². The Hall–Kier alpha value is -0.265. The molecule has 0 atom stereocenters. The summed E-state index contributed by atoms with van der Waals surface area (Å²) in [5.74, 6) is 0. The molecule has 0 bridgehead atoms. The van der Waals surface area contributed by atoms with Crippen molar-refractivity contribution in [3.63, 3.8) is 0 Å². The van der Waals surface area contributed by atoms with Gasteiger partial charge in [0.25, 0.3) is 0 Å². The fraction of sp³-hybridized carbons (Fsp3) is 0. The van der Waals surface area contributed by atoms with Gasteiger partial charge in [0.1, 0.15) is 0 Å². The smallest absolute Gasteiger partial charge is 0.0267 e. The Labute approximate surface area is 82.6 Å². The maximum absolute atomic E-state index is 8.82. The van der Waals surface area contributed by atoms with Crippen LogP contribution in [0.2, 0.25) is 0 Å². The fourth-order valence-corrected chi connectivity index (χ4v) is 0.313. The van der Waals surface area contributed by atoms with Gasteiger partial charge in [-0.15, -0.1) is 0 Å². The van der Waals surface area contributed by atoms with Gasteiger partial charge in [0.15, 0.2) is 0 Å². The summed E-state index contributed by atoms with van der Waals surface area (Å²) >= 11 is -5.25. The molecule has 0 aliphatic rings. The molecular weight excluding hydrogens is 242 g/mol. The molecule has 1 rings (SSSR count). The van der Waals surface area contributed by atoms with Crippen LogP contribution in [0.15, 0.2) is 30.6 Å². The van der Waals surface area contributed by atoms with Crippen molar-refractivity contribution in [3.8, 4) is 0 Å². The number of pyridine rings is 1. The van der Waals surface area contributed by atoms with Gasteiger partial charge in [0.2, 0.25) is 0 Å². The molecule has 0 unspecified atom stereocenters. The van der Waals surface area contributed by atoms with Gasteiger partial charge in [0.05, 0.1) is 0 Å². The maximum Gasteiger partial charge on any atom is 0.0267 e. The summed E-state index contributed by atoms with van der Waals surface area (Å²) in [6.45, 7) is 0. The fourth-order valence-electron chi connectivity index (χ4n) is 0.313. The van der Waals surface area contributed by atoms with E-state index >= 15 is 0 Å². The number of rotatable bonds is 0. The topological polar surface area (TPSA) is 87.5 Å². The second-order valence-corrected chi connectivity index (χ2v) is 2.87. The molecule has 1 aromatic heterocycles. The van der Waals surface area contributed by atoms with Crippen molar-refractivity contribution in [2.45, 2.75) is 0 Å². The van der Waals surface area contributed by atoms with E-state index in [1.165, 1.54) is 0 Å². The standard InChI is InChI=1S/C5H5N.2Cr.2H2O.2O/c1-2-4-6-5-3-1;;;;;;/h1-5H;;;2*1H2;;/q;;+2;;;;/p-2. The number of hydrogen-bond donors (Lipinski definition) is 2. The third kappa shape index (κ3) is 22.6. The molecule has 1 heterocycles. The van der Waals surface area contributed by atoms with Gasteiger partial charge in [-0.25, -0.2) is 0 Å². The van der Waals surface area contributed by atoms with Crippen LogP contribution in [0.1, 0.15) is 0 Å². The molecule has 0 saturated heterocycles. The van der Waals surface area contributed by atoms with E-state index in [0.29, 0.717) is 0 Å². The molecule has 5 nitrogen and oxygen atoms in total. The summed E-state index contributed by atoms with van der Waals surface area (Å²) in [6, 6.07) is 5.72. The van der Waals surface area contributed by atoms with Crippen molar-refractivity contribution in [1.29, 1.82) is 0 Å². The van der Waals surface area contributed by atoms with E-state index in [0.717, 1.165) is 0 Å². The van der Waals surface area contributed by atoms with E-state index < -0.39 is 13.6 Å². The molecule has 0 amide bonds. The summed E-state index contributed by atoms with van der Waals surface area (Å²) in [6.07, 6.45) is 3.50. The van der Waals surface area contributed by atoms with Gasteiger partial charge in [-0.05, 0) is 12.1 Å². The second-order valence-electron chi connectivity index (χ2n) is 1.47. The quantitative estimate of drug-likeness (QED) is 0.660. The van der Waals surface area contributed by atoms with E-state index in [2.05, 4.69) is 4.98 Å². The minimum atomic E-state index is -5.25. The van der Waals surface area contributed by atoms with Crippen LogP contribution in [0.5, 0.6) is 0 Å². The molecular formula is C5H7Cr2NO4. The molecule has 0 aliphatic heterocycles. The average Bonchev–Trinajstić information content (AvgIpc) is 1.88. The Morgan fingerprint density at radius 3 is 1.42 bits per heavy atom. The van der Waals surface area contributed by atoms with Crippen molar-refractivity contribution >= 4 is 0 Å². The summed E-state index contributed by atoms with van der Waals surface area (Å²) in [5.41, 5.74) is 0. The van der Waals surface area contributed by atoms with E-state index in [4.69, 9.17) is 15.9 Å². The van der Waals surface area contributed by atoms with Crippen molar-refractivity contribution in [2.75, 3.05) is 0 Å². The summed E-state index contributed by atoms with van der Waals surface area (Å²) in [5, 5.41) is 0. The van der Waals surface area contributed by atoms with Gasteiger partial charge in [-0.1, -0.05) is 6.07 Å². The van der Waals surface area contributed by atoms with Gasteiger partial charge in [-0.2, -0.15) is 0 Å². The van der Waals surface area contributed by atoms with Crippen molar-refractivity contribution in [1.82, 2.24) is 4.98 Å². The van der Waals surface area contributed by atoms with E-state index in [-0.39, 0.29) is 17.4 Å². The molecule has 0 radical (unpaired) electrons. The monoisotopic (exact) mass is 249 g/mol. The van der Waals surface area contributed by atoms with E-state index in [1.54, 1.807) is 12.4 Å². The Kier molecular flexibility index (Phi) is 8.78. The first-order chi connectivity index (χ1) is 5.00. The zero-order valence-electron chi connectivity index (χ0n) is 5.86. The minimum absolute atomic E-state index is 0. The SMILES string of the molecule is [Cr].[O]=[Cr](=[O])([OH])[OH].c1ccncc1. The Morgan fingerprint density at radius 2 is 1.33 bits per heavy atom. The third-order valence-electron chi connectivity index (χ3n) is 0.566. The zero-order valence-corrected chi connectivity index (χ0v) is 8.41. The van der Waals surface area contributed by atoms with Crippen molar-refractivity contribution < 1.29 is 46.9 Å². The van der Waals surface area contributed by atoms with Crippen LogP contribution in [0.4, 0.5) is 0 Å². The molecule has 1 aromatic rings. The predicted molar refractivity (Wildman–Crippen MR) is 30.0 cm³/mol. The van der Waals surface area contributed by atoms with Gasteiger partial charge >= 0.3 is 29.5 Å². The normalized spacial score (nSPS) is 8.83. The largest absolute Gasteiger partial charge is 0.265 e. The van der Waals surface area contributed by atoms with Crippen molar-refractivity contribution in [2.24, 2.45) is 0 Å². The molecule has 2 N–H and O–H groups in total. The zero-order chi connectivity index (χ0) is 8.74. The van der Waals surface area contributed by atoms with Gasteiger partial charge < -0.3 is 0 Å². The third-order valence-corrected chi connectivity index (χ3v) is 0.566. The summed E-state index contributed by atoms with van der Waals surface area (Å²) in [4.78, 5) is 3.78. The number of nitrogens with zero attached hydrogens (tertiary/aromatic N) is 1. The van der Waals surface area contributed by atoms with Crippen molar-refractivity contribution in [3.05, 3.63) is 30.6 Å². The first kappa shape index (κ1) is 14.3. The first-order valence-electron chi connectivity index (χ1n) is 2.55. The summed E-state index contributed by atoms with van der Waals surface area (Å²) in [7, 11) is 0. The molecule has 0 aliphatic carbocycles. The molecule has 0 saturated carbocycles. The van der Waals surface area contributed by atoms with Crippen LogP contribution < -0.4 is 0 Å². The van der Waals surface area contributed by atoms with E-state index in [9.17, 15) is 0 Å². The van der Waals surface area contributed by atoms with Crippen LogP contribution in [0.25, 0.3) is 0 Å². The minimum Gasteiger partial charge on any atom is -0.265 e. The number of aromatic nitrogens is 1. The molecule has 0 fully saturated rings. The Morgan fingerprint density at radius 1 is 1.00 bits per heavy atom. The molecule has 12 heavy (non-hydrogen) atoms. The van der Waals surface area contributed by atoms with Crippen LogP contribution in [-0.2, 0) is 38.6 Å². The molecule has 7 heteroatoms. The van der Waals surface area contributed by atoms with Gasteiger partial charge in [0, 0.05) is 29.8 Å². The second kappa shape index (κ2) is 7.39. The van der Waals surface area contributed by atoms with Gasteiger partial charge in [-0.3, -0.25) is 4.98 Å². The average molecular weight is 249 g/mol. The first-order valence-corrected chi connectivity index (χ1v) is 4.73. The molecule has 0 spiro atoms. The Bertz CT molecular complexity index is 238. The number of hydrogen-bond acceptors (Lipinski definition) is 3. The van der Waals surface area contributed by atoms with Crippen LogP contribution in [0, 0.1) is 0 Å². The predicted octanol–water partition coefficient (Wildman–Crippen LogP) is -0.275. The molecule has 68 valence electrons. The summed E-state index contributed by atoms with van der Waals surface area (Å²) < 4.78 is 31.9.